The topological polar surface area (TPSA) is 66.5 Å². The average molecular weight is 425 g/mol. The summed E-state index contributed by atoms with van der Waals surface area (Å²) in [7, 11) is -3.45. The molecule has 0 spiro atoms. The standard InChI is InChI=1S/C19H24N2O3S3/c1-25-17-8-6-15(7-9-17)12-18(22)21-10-2-4-16(14-21)13-20-27(23,24)19-5-3-11-26-19/h3,5-9,11,16,20H,2,4,10,12-14H2,1H3. The van der Waals surface area contributed by atoms with Gasteiger partial charge in [0.15, 0.2) is 0 Å². The number of nitrogens with zero attached hydrogens (tertiary/aromatic N) is 1. The number of thioether (sulfide) groups is 1. The molecule has 1 aromatic heterocycles. The molecule has 2 aromatic rings. The van der Waals surface area contributed by atoms with Crippen LogP contribution < -0.4 is 4.72 Å². The summed E-state index contributed by atoms with van der Waals surface area (Å²) in [6, 6.07) is 11.4. The van der Waals surface area contributed by atoms with Gasteiger partial charge >= 0.3 is 0 Å². The molecule has 1 saturated heterocycles. The lowest BCUT2D eigenvalue weighted by atomic mass is 9.97. The summed E-state index contributed by atoms with van der Waals surface area (Å²) in [5.74, 6) is 0.258. The third-order valence-corrected chi connectivity index (χ3v) is 8.27. The fourth-order valence-corrected chi connectivity index (χ4v) is 5.76. The van der Waals surface area contributed by atoms with Crippen molar-refractivity contribution in [2.45, 2.75) is 28.4 Å². The van der Waals surface area contributed by atoms with Crippen LogP contribution in [-0.4, -0.2) is 45.1 Å². The average Bonchev–Trinajstić information content (AvgIpc) is 3.23. The molecule has 0 aliphatic carbocycles. The Kier molecular flexibility index (Phi) is 6.97. The molecule has 0 radical (unpaired) electrons. The van der Waals surface area contributed by atoms with Crippen LogP contribution in [0.5, 0.6) is 0 Å². The molecule has 3 rings (SSSR count). The van der Waals surface area contributed by atoms with E-state index in [1.807, 2.05) is 35.4 Å². The first-order chi connectivity index (χ1) is 13.0. The minimum Gasteiger partial charge on any atom is -0.342 e. The first-order valence-corrected chi connectivity index (χ1v) is 12.5. The zero-order chi connectivity index (χ0) is 19.3. The van der Waals surface area contributed by atoms with Crippen LogP contribution in [0, 0.1) is 5.92 Å². The third kappa shape index (κ3) is 5.57. The maximum absolute atomic E-state index is 12.6. The number of sulfonamides is 1. The number of likely N-dealkylation sites (tertiary alicyclic amines) is 1. The predicted octanol–water partition coefficient (Wildman–Crippen LogP) is 3.23. The first kappa shape index (κ1) is 20.4. The number of piperidine rings is 1. The van der Waals surface area contributed by atoms with Crippen molar-refractivity contribution in [3.8, 4) is 0 Å². The predicted molar refractivity (Wildman–Crippen MR) is 111 cm³/mol. The number of carbonyl (C=O) groups excluding carboxylic acids is 1. The van der Waals surface area contributed by atoms with Crippen LogP contribution >= 0.6 is 23.1 Å². The molecule has 1 aliphatic heterocycles. The SMILES string of the molecule is CSc1ccc(CC(=O)N2CCCC(CNS(=O)(=O)c3cccs3)C2)cc1. The molecule has 1 amide bonds. The van der Waals surface area contributed by atoms with Crippen molar-refractivity contribution in [1.29, 1.82) is 0 Å². The Bertz CT molecular complexity index is 849. The molecule has 27 heavy (non-hydrogen) atoms. The number of carbonyl (C=O) groups is 1. The van der Waals surface area contributed by atoms with Gasteiger partial charge in [-0.25, -0.2) is 13.1 Å². The number of hydrogen-bond acceptors (Lipinski definition) is 5. The van der Waals surface area contributed by atoms with E-state index in [0.717, 1.165) is 24.9 Å². The van der Waals surface area contributed by atoms with E-state index >= 15 is 0 Å². The summed E-state index contributed by atoms with van der Waals surface area (Å²) < 4.78 is 27.6. The van der Waals surface area contributed by atoms with Crippen LogP contribution in [0.25, 0.3) is 0 Å². The molecule has 1 atom stereocenters. The molecular weight excluding hydrogens is 400 g/mol. The van der Waals surface area contributed by atoms with Crippen LogP contribution in [-0.2, 0) is 21.2 Å². The highest BCUT2D eigenvalue weighted by molar-refractivity contribution is 7.98. The molecule has 0 bridgehead atoms. The van der Waals surface area contributed by atoms with E-state index in [4.69, 9.17) is 0 Å². The molecule has 1 aliphatic rings. The second-order valence-electron chi connectivity index (χ2n) is 6.66. The van der Waals surface area contributed by atoms with Gasteiger partial charge in [0.2, 0.25) is 15.9 Å². The lowest BCUT2D eigenvalue weighted by Crippen LogP contribution is -2.44. The highest BCUT2D eigenvalue weighted by Gasteiger charge is 2.25. The molecular formula is C19H24N2O3S3. The summed E-state index contributed by atoms with van der Waals surface area (Å²) in [6.07, 6.45) is 4.25. The van der Waals surface area contributed by atoms with Crippen molar-refractivity contribution in [2.24, 2.45) is 5.92 Å². The lowest BCUT2D eigenvalue weighted by molar-refractivity contribution is -0.132. The number of rotatable bonds is 7. The highest BCUT2D eigenvalue weighted by Crippen LogP contribution is 2.20. The van der Waals surface area contributed by atoms with Crippen LogP contribution in [0.4, 0.5) is 0 Å². The van der Waals surface area contributed by atoms with Gasteiger partial charge in [-0.15, -0.1) is 23.1 Å². The molecule has 1 aromatic carbocycles. The maximum atomic E-state index is 12.6. The Balaban J connectivity index is 1.53. The Morgan fingerprint density at radius 2 is 2.07 bits per heavy atom. The van der Waals surface area contributed by atoms with E-state index in [9.17, 15) is 13.2 Å². The van der Waals surface area contributed by atoms with E-state index in [0.29, 0.717) is 23.7 Å². The van der Waals surface area contributed by atoms with Gasteiger partial charge in [0, 0.05) is 24.5 Å². The van der Waals surface area contributed by atoms with Crippen molar-refractivity contribution in [2.75, 3.05) is 25.9 Å². The zero-order valence-electron chi connectivity index (χ0n) is 15.3. The van der Waals surface area contributed by atoms with E-state index in [2.05, 4.69) is 4.72 Å². The van der Waals surface area contributed by atoms with Crippen LogP contribution in [0.3, 0.4) is 0 Å². The number of thiophene rings is 1. The van der Waals surface area contributed by atoms with Crippen LogP contribution in [0.15, 0.2) is 50.9 Å². The first-order valence-electron chi connectivity index (χ1n) is 8.92. The summed E-state index contributed by atoms with van der Waals surface area (Å²) in [5.41, 5.74) is 1.01. The fourth-order valence-electron chi connectivity index (χ4n) is 3.20. The molecule has 146 valence electrons. The quantitative estimate of drug-likeness (QED) is 0.693. The van der Waals surface area contributed by atoms with Crippen molar-refractivity contribution >= 4 is 39.0 Å². The molecule has 1 unspecified atom stereocenters. The molecule has 1 fully saturated rings. The molecule has 0 saturated carbocycles. The van der Waals surface area contributed by atoms with Gasteiger partial charge < -0.3 is 4.90 Å². The van der Waals surface area contributed by atoms with Gasteiger partial charge in [0.1, 0.15) is 4.21 Å². The van der Waals surface area contributed by atoms with E-state index in [-0.39, 0.29) is 11.8 Å². The minimum atomic E-state index is -3.45. The second-order valence-corrected chi connectivity index (χ2v) is 10.5. The van der Waals surface area contributed by atoms with Gasteiger partial charge in [-0.05, 0) is 54.2 Å². The third-order valence-electron chi connectivity index (χ3n) is 4.71. The smallest absolute Gasteiger partial charge is 0.250 e. The van der Waals surface area contributed by atoms with Gasteiger partial charge in [0.25, 0.3) is 0 Å². The van der Waals surface area contributed by atoms with Crippen molar-refractivity contribution in [3.05, 3.63) is 47.3 Å². The number of hydrogen-bond donors (Lipinski definition) is 1. The number of benzene rings is 1. The van der Waals surface area contributed by atoms with Gasteiger partial charge in [-0.3, -0.25) is 4.79 Å². The second kappa shape index (κ2) is 9.23. The monoisotopic (exact) mass is 424 g/mol. The highest BCUT2D eigenvalue weighted by atomic mass is 32.2. The number of amides is 1. The van der Waals surface area contributed by atoms with Crippen LogP contribution in [0.1, 0.15) is 18.4 Å². The maximum Gasteiger partial charge on any atom is 0.250 e. The van der Waals surface area contributed by atoms with E-state index in [1.165, 1.54) is 16.2 Å². The Morgan fingerprint density at radius 3 is 2.74 bits per heavy atom. The van der Waals surface area contributed by atoms with Gasteiger partial charge in [-0.2, -0.15) is 0 Å². The van der Waals surface area contributed by atoms with Crippen molar-refractivity contribution in [1.82, 2.24) is 9.62 Å². The fraction of sp³-hybridized carbons (Fsp3) is 0.421. The Hall–Kier alpha value is -1.35. The van der Waals surface area contributed by atoms with Crippen LogP contribution in [0.2, 0.25) is 0 Å². The van der Waals surface area contributed by atoms with Gasteiger partial charge in [0.05, 0.1) is 6.42 Å². The molecule has 1 N–H and O–H groups in total. The summed E-state index contributed by atoms with van der Waals surface area (Å²) in [5, 5.41) is 1.75. The Morgan fingerprint density at radius 1 is 1.30 bits per heavy atom. The normalized spacial score (nSPS) is 17.8. The largest absolute Gasteiger partial charge is 0.342 e. The number of nitrogens with one attached hydrogen (secondary N) is 1. The Labute approximate surface area is 169 Å². The lowest BCUT2D eigenvalue weighted by Gasteiger charge is -2.33. The van der Waals surface area contributed by atoms with Crippen molar-refractivity contribution in [3.63, 3.8) is 0 Å². The van der Waals surface area contributed by atoms with Crippen molar-refractivity contribution < 1.29 is 13.2 Å². The molecule has 5 nitrogen and oxygen atoms in total. The minimum absolute atomic E-state index is 0.109. The summed E-state index contributed by atoms with van der Waals surface area (Å²) in [4.78, 5) is 15.7. The summed E-state index contributed by atoms with van der Waals surface area (Å²) >= 11 is 2.89. The molecule has 2 heterocycles. The molecule has 8 heteroatoms. The zero-order valence-corrected chi connectivity index (χ0v) is 17.7. The van der Waals surface area contributed by atoms with E-state index in [1.54, 1.807) is 29.3 Å². The van der Waals surface area contributed by atoms with E-state index < -0.39 is 10.0 Å². The summed E-state index contributed by atoms with van der Waals surface area (Å²) in [6.45, 7) is 1.72. The van der Waals surface area contributed by atoms with Gasteiger partial charge in [-0.1, -0.05) is 18.2 Å².